The molecule has 0 bridgehead atoms. The molecule has 1 aliphatic rings. The SMILES string of the molecule is C=CCNC(=O)C(C)(C)C(=O)N1CCN(c2cccc(C)c2)CC1. The number of anilines is 1. The Balaban J connectivity index is 1.97. The highest BCUT2D eigenvalue weighted by molar-refractivity contribution is 6.04. The van der Waals surface area contributed by atoms with Gasteiger partial charge < -0.3 is 15.1 Å². The molecule has 0 aliphatic carbocycles. The first-order valence-corrected chi connectivity index (χ1v) is 8.36. The van der Waals surface area contributed by atoms with Crippen molar-refractivity contribution in [2.24, 2.45) is 5.41 Å². The van der Waals surface area contributed by atoms with E-state index in [1.54, 1.807) is 24.8 Å². The molecule has 130 valence electrons. The number of nitrogens with one attached hydrogen (secondary N) is 1. The monoisotopic (exact) mass is 329 g/mol. The van der Waals surface area contributed by atoms with Crippen molar-refractivity contribution in [3.63, 3.8) is 0 Å². The van der Waals surface area contributed by atoms with Crippen molar-refractivity contribution >= 4 is 17.5 Å². The van der Waals surface area contributed by atoms with Gasteiger partial charge in [-0.3, -0.25) is 9.59 Å². The topological polar surface area (TPSA) is 52.7 Å². The highest BCUT2D eigenvalue weighted by Gasteiger charge is 2.39. The van der Waals surface area contributed by atoms with Crippen LogP contribution in [0.1, 0.15) is 19.4 Å². The molecule has 1 N–H and O–H groups in total. The van der Waals surface area contributed by atoms with Crippen molar-refractivity contribution in [2.45, 2.75) is 20.8 Å². The van der Waals surface area contributed by atoms with E-state index in [0.29, 0.717) is 19.6 Å². The van der Waals surface area contributed by atoms with E-state index >= 15 is 0 Å². The van der Waals surface area contributed by atoms with E-state index in [9.17, 15) is 9.59 Å². The van der Waals surface area contributed by atoms with Gasteiger partial charge in [-0.25, -0.2) is 0 Å². The van der Waals surface area contributed by atoms with Gasteiger partial charge in [-0.2, -0.15) is 0 Å². The number of piperazine rings is 1. The maximum Gasteiger partial charge on any atom is 0.237 e. The summed E-state index contributed by atoms with van der Waals surface area (Å²) in [6, 6.07) is 8.38. The molecule has 2 rings (SSSR count). The lowest BCUT2D eigenvalue weighted by atomic mass is 9.90. The van der Waals surface area contributed by atoms with Crippen LogP contribution in [0.15, 0.2) is 36.9 Å². The number of carbonyl (C=O) groups excluding carboxylic acids is 2. The van der Waals surface area contributed by atoms with E-state index in [0.717, 1.165) is 13.1 Å². The Morgan fingerprint density at radius 1 is 1.25 bits per heavy atom. The molecule has 5 heteroatoms. The average Bonchev–Trinajstić information content (AvgIpc) is 2.59. The Bertz CT molecular complexity index is 617. The lowest BCUT2D eigenvalue weighted by Crippen LogP contribution is -2.55. The summed E-state index contributed by atoms with van der Waals surface area (Å²) in [5, 5.41) is 2.72. The highest BCUT2D eigenvalue weighted by atomic mass is 16.2. The van der Waals surface area contributed by atoms with Crippen LogP contribution in [0.25, 0.3) is 0 Å². The van der Waals surface area contributed by atoms with Crippen LogP contribution < -0.4 is 10.2 Å². The van der Waals surface area contributed by atoms with E-state index in [4.69, 9.17) is 0 Å². The van der Waals surface area contributed by atoms with Gasteiger partial charge in [0, 0.05) is 38.4 Å². The molecule has 0 saturated carbocycles. The van der Waals surface area contributed by atoms with Crippen LogP contribution in [-0.2, 0) is 9.59 Å². The first-order valence-electron chi connectivity index (χ1n) is 8.36. The highest BCUT2D eigenvalue weighted by Crippen LogP contribution is 2.23. The lowest BCUT2D eigenvalue weighted by molar-refractivity contribution is -0.148. The standard InChI is InChI=1S/C19H27N3O2/c1-5-9-20-17(23)19(3,4)18(24)22-12-10-21(11-13-22)16-8-6-7-15(2)14-16/h5-8,14H,1,9-13H2,2-4H3,(H,20,23). The van der Waals surface area contributed by atoms with Gasteiger partial charge in [-0.15, -0.1) is 6.58 Å². The quantitative estimate of drug-likeness (QED) is 0.664. The molecule has 1 fully saturated rings. The number of carbonyl (C=O) groups is 2. The first kappa shape index (κ1) is 18.0. The van der Waals surface area contributed by atoms with Gasteiger partial charge in [0.05, 0.1) is 0 Å². The Hall–Kier alpha value is -2.30. The lowest BCUT2D eigenvalue weighted by Gasteiger charge is -2.39. The molecule has 5 nitrogen and oxygen atoms in total. The molecule has 0 spiro atoms. The third-order valence-corrected chi connectivity index (χ3v) is 4.44. The molecule has 0 radical (unpaired) electrons. The summed E-state index contributed by atoms with van der Waals surface area (Å²) in [5.41, 5.74) is 1.35. The van der Waals surface area contributed by atoms with Crippen molar-refractivity contribution in [3.8, 4) is 0 Å². The Morgan fingerprint density at radius 3 is 2.50 bits per heavy atom. The van der Waals surface area contributed by atoms with Crippen LogP contribution >= 0.6 is 0 Å². The summed E-state index contributed by atoms with van der Waals surface area (Å²) in [5.74, 6) is -0.374. The van der Waals surface area contributed by atoms with Crippen molar-refractivity contribution < 1.29 is 9.59 Å². The van der Waals surface area contributed by atoms with E-state index in [2.05, 4.69) is 48.0 Å². The zero-order valence-corrected chi connectivity index (χ0v) is 14.8. The third kappa shape index (κ3) is 3.96. The minimum absolute atomic E-state index is 0.118. The number of hydrogen-bond donors (Lipinski definition) is 1. The summed E-state index contributed by atoms with van der Waals surface area (Å²) in [6.45, 7) is 12.2. The van der Waals surface area contributed by atoms with Gasteiger partial charge in [0.1, 0.15) is 5.41 Å². The van der Waals surface area contributed by atoms with Crippen LogP contribution in [0.2, 0.25) is 0 Å². The molecule has 0 aromatic heterocycles. The van der Waals surface area contributed by atoms with Crippen LogP contribution in [0.5, 0.6) is 0 Å². The minimum atomic E-state index is -1.06. The smallest absolute Gasteiger partial charge is 0.237 e. The summed E-state index contributed by atoms with van der Waals surface area (Å²) in [6.07, 6.45) is 1.61. The van der Waals surface area contributed by atoms with Gasteiger partial charge in [-0.1, -0.05) is 18.2 Å². The second-order valence-electron chi connectivity index (χ2n) is 6.74. The van der Waals surface area contributed by atoms with E-state index in [1.807, 2.05) is 0 Å². The van der Waals surface area contributed by atoms with Crippen LogP contribution in [0.3, 0.4) is 0 Å². The van der Waals surface area contributed by atoms with E-state index in [1.165, 1.54) is 11.3 Å². The Labute approximate surface area is 144 Å². The molecule has 1 aromatic rings. The van der Waals surface area contributed by atoms with Crippen LogP contribution in [0, 0.1) is 12.3 Å². The van der Waals surface area contributed by atoms with Gasteiger partial charge in [0.2, 0.25) is 11.8 Å². The zero-order valence-electron chi connectivity index (χ0n) is 14.8. The molecule has 2 amide bonds. The molecular formula is C19H27N3O2. The van der Waals surface area contributed by atoms with Crippen LogP contribution in [-0.4, -0.2) is 49.4 Å². The van der Waals surface area contributed by atoms with Crippen LogP contribution in [0.4, 0.5) is 5.69 Å². The van der Waals surface area contributed by atoms with E-state index in [-0.39, 0.29) is 11.8 Å². The summed E-state index contributed by atoms with van der Waals surface area (Å²) >= 11 is 0. The number of aryl methyl sites for hydroxylation is 1. The number of nitrogens with zero attached hydrogens (tertiary/aromatic N) is 2. The molecule has 1 aromatic carbocycles. The van der Waals surface area contributed by atoms with Gasteiger partial charge >= 0.3 is 0 Å². The molecule has 1 aliphatic heterocycles. The largest absolute Gasteiger partial charge is 0.368 e. The fourth-order valence-electron chi connectivity index (χ4n) is 2.87. The summed E-state index contributed by atoms with van der Waals surface area (Å²) in [7, 11) is 0. The molecule has 24 heavy (non-hydrogen) atoms. The van der Waals surface area contributed by atoms with Crippen molar-refractivity contribution in [3.05, 3.63) is 42.5 Å². The predicted octanol–water partition coefficient (Wildman–Crippen LogP) is 1.97. The van der Waals surface area contributed by atoms with Crippen molar-refractivity contribution in [1.29, 1.82) is 0 Å². The summed E-state index contributed by atoms with van der Waals surface area (Å²) < 4.78 is 0. The van der Waals surface area contributed by atoms with Gasteiger partial charge in [0.15, 0.2) is 0 Å². The Morgan fingerprint density at radius 2 is 1.92 bits per heavy atom. The average molecular weight is 329 g/mol. The van der Waals surface area contributed by atoms with Crippen molar-refractivity contribution in [1.82, 2.24) is 10.2 Å². The molecule has 0 atom stereocenters. The molecular weight excluding hydrogens is 302 g/mol. The third-order valence-electron chi connectivity index (χ3n) is 4.44. The second kappa shape index (κ2) is 7.51. The number of rotatable bonds is 5. The predicted molar refractivity (Wildman–Crippen MR) is 97.0 cm³/mol. The van der Waals surface area contributed by atoms with Crippen molar-refractivity contribution in [2.75, 3.05) is 37.6 Å². The van der Waals surface area contributed by atoms with Gasteiger partial charge in [-0.05, 0) is 38.5 Å². The fraction of sp³-hybridized carbons (Fsp3) is 0.474. The number of amides is 2. The number of benzene rings is 1. The normalized spacial score (nSPS) is 15.1. The van der Waals surface area contributed by atoms with E-state index < -0.39 is 5.41 Å². The maximum atomic E-state index is 12.7. The van der Waals surface area contributed by atoms with Gasteiger partial charge in [0.25, 0.3) is 0 Å². The Kier molecular flexibility index (Phi) is 5.65. The zero-order chi connectivity index (χ0) is 17.7. The molecule has 1 heterocycles. The molecule has 0 unspecified atom stereocenters. The minimum Gasteiger partial charge on any atom is -0.368 e. The first-order chi connectivity index (χ1) is 11.4. The maximum absolute atomic E-state index is 12.7. The second-order valence-corrected chi connectivity index (χ2v) is 6.74. The summed E-state index contributed by atoms with van der Waals surface area (Å²) in [4.78, 5) is 29.0. The fourth-order valence-corrected chi connectivity index (χ4v) is 2.87. The molecule has 1 saturated heterocycles. The number of hydrogen-bond acceptors (Lipinski definition) is 3.